The Hall–Kier alpha value is -1.00. The lowest BCUT2D eigenvalue weighted by Gasteiger charge is -2.21. The number of thioether (sulfide) groups is 1. The standard InChI is InChI=1S/C16H25NO2S/c1-11-5-6-14(12(2)9-11)7-8-16(19)17-13(3)15(10-18)20-4/h5-6,9,13,15,18H,7-8,10H2,1-4H3,(H,17,19). The molecule has 1 rings (SSSR count). The fraction of sp³-hybridized carbons (Fsp3) is 0.562. The molecule has 0 aliphatic heterocycles. The number of rotatable bonds is 7. The first kappa shape index (κ1) is 17.1. The number of aliphatic hydroxyl groups excluding tert-OH is 1. The van der Waals surface area contributed by atoms with Gasteiger partial charge in [0.1, 0.15) is 0 Å². The second kappa shape index (κ2) is 8.32. The summed E-state index contributed by atoms with van der Waals surface area (Å²) in [7, 11) is 0. The number of aliphatic hydroxyl groups is 1. The fourth-order valence-electron chi connectivity index (χ4n) is 2.23. The maximum absolute atomic E-state index is 11.9. The van der Waals surface area contributed by atoms with Crippen LogP contribution in [0.4, 0.5) is 0 Å². The minimum absolute atomic E-state index is 0.0124. The molecule has 0 bridgehead atoms. The minimum atomic E-state index is -0.0124. The van der Waals surface area contributed by atoms with Crippen LogP contribution < -0.4 is 5.32 Å². The molecular weight excluding hydrogens is 270 g/mol. The molecule has 0 aliphatic rings. The topological polar surface area (TPSA) is 49.3 Å². The van der Waals surface area contributed by atoms with Crippen molar-refractivity contribution < 1.29 is 9.90 Å². The normalized spacial score (nSPS) is 13.8. The number of hydrogen-bond acceptors (Lipinski definition) is 3. The van der Waals surface area contributed by atoms with Crippen LogP contribution in [-0.4, -0.2) is 35.2 Å². The van der Waals surface area contributed by atoms with Gasteiger partial charge in [0.2, 0.25) is 5.91 Å². The molecule has 0 radical (unpaired) electrons. The highest BCUT2D eigenvalue weighted by Gasteiger charge is 2.17. The number of carbonyl (C=O) groups is 1. The van der Waals surface area contributed by atoms with E-state index in [1.807, 2.05) is 13.2 Å². The first-order valence-corrected chi connectivity index (χ1v) is 8.25. The van der Waals surface area contributed by atoms with Gasteiger partial charge in [-0.15, -0.1) is 0 Å². The third kappa shape index (κ3) is 5.17. The molecule has 4 heteroatoms. The largest absolute Gasteiger partial charge is 0.395 e. The van der Waals surface area contributed by atoms with E-state index >= 15 is 0 Å². The van der Waals surface area contributed by atoms with E-state index in [0.29, 0.717) is 6.42 Å². The molecule has 20 heavy (non-hydrogen) atoms. The van der Waals surface area contributed by atoms with Gasteiger partial charge in [0.05, 0.1) is 6.61 Å². The molecule has 112 valence electrons. The van der Waals surface area contributed by atoms with E-state index in [2.05, 4.69) is 37.4 Å². The molecule has 1 aromatic rings. The summed E-state index contributed by atoms with van der Waals surface area (Å²) in [6.07, 6.45) is 3.19. The van der Waals surface area contributed by atoms with Gasteiger partial charge in [-0.3, -0.25) is 4.79 Å². The number of amides is 1. The smallest absolute Gasteiger partial charge is 0.220 e. The third-order valence-corrected chi connectivity index (χ3v) is 4.71. The quantitative estimate of drug-likeness (QED) is 0.812. The van der Waals surface area contributed by atoms with Crippen LogP contribution in [0.15, 0.2) is 18.2 Å². The zero-order chi connectivity index (χ0) is 15.1. The molecule has 2 unspecified atom stereocenters. The molecule has 2 atom stereocenters. The Labute approximate surface area is 126 Å². The molecule has 0 aromatic heterocycles. The monoisotopic (exact) mass is 295 g/mol. The van der Waals surface area contributed by atoms with Gasteiger partial charge in [0.25, 0.3) is 0 Å². The van der Waals surface area contributed by atoms with E-state index in [1.165, 1.54) is 16.7 Å². The van der Waals surface area contributed by atoms with Crippen molar-refractivity contribution >= 4 is 17.7 Å². The van der Waals surface area contributed by atoms with Gasteiger partial charge in [0.15, 0.2) is 0 Å². The van der Waals surface area contributed by atoms with Gasteiger partial charge in [-0.25, -0.2) is 0 Å². The predicted octanol–water partition coefficient (Wildman–Crippen LogP) is 2.46. The number of hydrogen-bond donors (Lipinski definition) is 2. The van der Waals surface area contributed by atoms with Crippen LogP contribution in [0.2, 0.25) is 0 Å². The summed E-state index contributed by atoms with van der Waals surface area (Å²) in [6, 6.07) is 6.31. The van der Waals surface area contributed by atoms with Crippen molar-refractivity contribution in [1.29, 1.82) is 0 Å². The zero-order valence-electron chi connectivity index (χ0n) is 12.8. The van der Waals surface area contributed by atoms with E-state index in [0.717, 1.165) is 6.42 Å². The molecule has 0 spiro atoms. The summed E-state index contributed by atoms with van der Waals surface area (Å²) in [4.78, 5) is 11.9. The van der Waals surface area contributed by atoms with Crippen LogP contribution in [0.3, 0.4) is 0 Å². The van der Waals surface area contributed by atoms with Crippen molar-refractivity contribution in [2.75, 3.05) is 12.9 Å². The first-order chi connectivity index (χ1) is 9.47. The Kier molecular flexibility index (Phi) is 7.10. The van der Waals surface area contributed by atoms with E-state index in [-0.39, 0.29) is 23.8 Å². The SMILES string of the molecule is CSC(CO)C(C)NC(=O)CCc1ccc(C)cc1C. The molecule has 0 heterocycles. The maximum atomic E-state index is 11.9. The second-order valence-electron chi connectivity index (χ2n) is 5.24. The average molecular weight is 295 g/mol. The number of benzene rings is 1. The van der Waals surface area contributed by atoms with Crippen molar-refractivity contribution in [1.82, 2.24) is 5.32 Å². The van der Waals surface area contributed by atoms with Gasteiger partial charge in [-0.2, -0.15) is 11.8 Å². The molecule has 2 N–H and O–H groups in total. The maximum Gasteiger partial charge on any atom is 0.220 e. The summed E-state index contributed by atoms with van der Waals surface area (Å²) in [5.74, 6) is 0.0463. The van der Waals surface area contributed by atoms with Crippen LogP contribution in [0.25, 0.3) is 0 Å². The van der Waals surface area contributed by atoms with Crippen molar-refractivity contribution in [3.05, 3.63) is 34.9 Å². The molecule has 0 aliphatic carbocycles. The first-order valence-electron chi connectivity index (χ1n) is 6.97. The van der Waals surface area contributed by atoms with Crippen molar-refractivity contribution in [3.8, 4) is 0 Å². The van der Waals surface area contributed by atoms with Gasteiger partial charge < -0.3 is 10.4 Å². The molecule has 0 fully saturated rings. The summed E-state index contributed by atoms with van der Waals surface area (Å²) in [5, 5.41) is 12.2. The molecular formula is C16H25NO2S. The Bertz CT molecular complexity index is 444. The fourth-order valence-corrected chi connectivity index (χ4v) is 2.86. The lowest BCUT2D eigenvalue weighted by molar-refractivity contribution is -0.121. The molecule has 0 saturated carbocycles. The van der Waals surface area contributed by atoms with Crippen molar-refractivity contribution in [2.24, 2.45) is 0 Å². The minimum Gasteiger partial charge on any atom is -0.395 e. The summed E-state index contributed by atoms with van der Waals surface area (Å²) >= 11 is 1.57. The van der Waals surface area contributed by atoms with Crippen molar-refractivity contribution in [2.45, 2.75) is 44.9 Å². The molecule has 3 nitrogen and oxygen atoms in total. The third-order valence-electron chi connectivity index (χ3n) is 3.55. The van der Waals surface area contributed by atoms with Crippen molar-refractivity contribution in [3.63, 3.8) is 0 Å². The number of aryl methyl sites for hydroxylation is 3. The Morgan fingerprint density at radius 2 is 2.10 bits per heavy atom. The van der Waals surface area contributed by atoms with Gasteiger partial charge in [-0.05, 0) is 44.6 Å². The molecule has 1 amide bonds. The lowest BCUT2D eigenvalue weighted by Crippen LogP contribution is -2.41. The van der Waals surface area contributed by atoms with E-state index in [1.54, 1.807) is 11.8 Å². The lowest BCUT2D eigenvalue weighted by atomic mass is 10.0. The number of carbonyl (C=O) groups excluding carboxylic acids is 1. The van der Waals surface area contributed by atoms with Gasteiger partial charge in [-0.1, -0.05) is 23.8 Å². The average Bonchev–Trinajstić information content (AvgIpc) is 2.39. The van der Waals surface area contributed by atoms with Crippen LogP contribution in [0, 0.1) is 13.8 Å². The number of nitrogens with one attached hydrogen (secondary N) is 1. The Balaban J connectivity index is 2.47. The summed E-state index contributed by atoms with van der Waals surface area (Å²) in [5.41, 5.74) is 3.71. The Morgan fingerprint density at radius 1 is 1.40 bits per heavy atom. The van der Waals surface area contributed by atoms with Crippen LogP contribution in [0.1, 0.15) is 30.0 Å². The molecule has 1 aromatic carbocycles. The van der Waals surface area contributed by atoms with Crippen LogP contribution in [0.5, 0.6) is 0 Å². The highest BCUT2D eigenvalue weighted by atomic mass is 32.2. The molecule has 0 saturated heterocycles. The van der Waals surface area contributed by atoms with Gasteiger partial charge in [0, 0.05) is 17.7 Å². The second-order valence-corrected chi connectivity index (χ2v) is 6.32. The van der Waals surface area contributed by atoms with Crippen LogP contribution >= 0.6 is 11.8 Å². The highest BCUT2D eigenvalue weighted by molar-refractivity contribution is 7.99. The zero-order valence-corrected chi connectivity index (χ0v) is 13.6. The van der Waals surface area contributed by atoms with E-state index in [4.69, 9.17) is 0 Å². The predicted molar refractivity (Wildman–Crippen MR) is 86.2 cm³/mol. The summed E-state index contributed by atoms with van der Waals surface area (Å²) < 4.78 is 0. The summed E-state index contributed by atoms with van der Waals surface area (Å²) in [6.45, 7) is 6.17. The van der Waals surface area contributed by atoms with E-state index < -0.39 is 0 Å². The van der Waals surface area contributed by atoms with Gasteiger partial charge >= 0.3 is 0 Å². The highest BCUT2D eigenvalue weighted by Crippen LogP contribution is 2.13. The van der Waals surface area contributed by atoms with E-state index in [9.17, 15) is 9.90 Å². The van der Waals surface area contributed by atoms with Crippen LogP contribution in [-0.2, 0) is 11.2 Å². The Morgan fingerprint density at radius 3 is 2.65 bits per heavy atom.